The molecule has 2 rings (SSSR count). The quantitative estimate of drug-likeness (QED) is 0.795. The molecule has 0 aromatic carbocycles. The van der Waals surface area contributed by atoms with Gasteiger partial charge >= 0.3 is 0 Å². The maximum Gasteiger partial charge on any atom is 0.0133 e. The van der Waals surface area contributed by atoms with E-state index in [1.165, 1.54) is 57.9 Å². The zero-order chi connectivity index (χ0) is 11.4. The van der Waals surface area contributed by atoms with Crippen LogP contribution in [0.2, 0.25) is 0 Å². The summed E-state index contributed by atoms with van der Waals surface area (Å²) in [4.78, 5) is 2.63. The summed E-state index contributed by atoms with van der Waals surface area (Å²) in [5.74, 6) is 1.74. The third-order valence-corrected chi connectivity index (χ3v) is 4.76. The lowest BCUT2D eigenvalue weighted by Gasteiger charge is -2.38. The molecule has 2 fully saturated rings. The van der Waals surface area contributed by atoms with Gasteiger partial charge in [-0.2, -0.15) is 0 Å². The zero-order valence-corrected chi connectivity index (χ0v) is 10.8. The Kier molecular flexibility index (Phi) is 4.66. The van der Waals surface area contributed by atoms with E-state index >= 15 is 0 Å². The second-order valence-corrected chi connectivity index (χ2v) is 5.94. The fraction of sp³-hybridized carbons (Fsp3) is 1.00. The first-order valence-corrected chi connectivity index (χ1v) is 7.21. The Labute approximate surface area is 101 Å². The molecular weight excluding hydrogens is 196 g/mol. The molecule has 0 amide bonds. The van der Waals surface area contributed by atoms with E-state index in [1.807, 2.05) is 0 Å². The Morgan fingerprint density at radius 2 is 1.62 bits per heavy atom. The van der Waals surface area contributed by atoms with Crippen molar-refractivity contribution in [3.63, 3.8) is 0 Å². The number of rotatable bonds is 4. The fourth-order valence-corrected chi connectivity index (χ4v) is 3.78. The highest BCUT2D eigenvalue weighted by molar-refractivity contribution is 4.84. The smallest absolute Gasteiger partial charge is 0.0133 e. The average Bonchev–Trinajstić information content (AvgIpc) is 2.81. The summed E-state index contributed by atoms with van der Waals surface area (Å²) >= 11 is 0. The average molecular weight is 224 g/mol. The van der Waals surface area contributed by atoms with Gasteiger partial charge in [-0.3, -0.25) is 0 Å². The van der Waals surface area contributed by atoms with Crippen LogP contribution in [0.25, 0.3) is 0 Å². The molecule has 0 saturated heterocycles. The van der Waals surface area contributed by atoms with Crippen molar-refractivity contribution < 1.29 is 0 Å². The van der Waals surface area contributed by atoms with E-state index < -0.39 is 0 Å². The van der Waals surface area contributed by atoms with Crippen LogP contribution in [0, 0.1) is 11.8 Å². The molecule has 2 aliphatic rings. The number of hydrogen-bond acceptors (Lipinski definition) is 2. The van der Waals surface area contributed by atoms with Gasteiger partial charge in [-0.1, -0.05) is 25.7 Å². The standard InChI is InChI=1S/C14H28N2/c1-16(11-12-6-2-3-7-12)14-9-5-4-8-13(14)10-15/h12-14H,2-11,15H2,1H3. The molecule has 0 spiro atoms. The largest absolute Gasteiger partial charge is 0.330 e. The predicted molar refractivity (Wildman–Crippen MR) is 69.4 cm³/mol. The molecule has 2 N–H and O–H groups in total. The molecule has 16 heavy (non-hydrogen) atoms. The summed E-state index contributed by atoms with van der Waals surface area (Å²) in [5.41, 5.74) is 5.91. The zero-order valence-electron chi connectivity index (χ0n) is 10.8. The minimum Gasteiger partial charge on any atom is -0.330 e. The summed E-state index contributed by atoms with van der Waals surface area (Å²) in [6.07, 6.45) is 11.4. The molecule has 2 aliphatic carbocycles. The fourth-order valence-electron chi connectivity index (χ4n) is 3.78. The minimum atomic E-state index is 0.764. The summed E-state index contributed by atoms with van der Waals surface area (Å²) in [7, 11) is 2.33. The van der Waals surface area contributed by atoms with Crippen LogP contribution in [0.5, 0.6) is 0 Å². The van der Waals surface area contributed by atoms with Gasteiger partial charge in [0.25, 0.3) is 0 Å². The van der Waals surface area contributed by atoms with Gasteiger partial charge in [0.05, 0.1) is 0 Å². The van der Waals surface area contributed by atoms with Crippen LogP contribution in [0.15, 0.2) is 0 Å². The van der Waals surface area contributed by atoms with Crippen LogP contribution in [-0.4, -0.2) is 31.1 Å². The third-order valence-electron chi connectivity index (χ3n) is 4.76. The van der Waals surface area contributed by atoms with Gasteiger partial charge in [-0.15, -0.1) is 0 Å². The van der Waals surface area contributed by atoms with Crippen LogP contribution in [0.1, 0.15) is 51.4 Å². The predicted octanol–water partition coefficient (Wildman–Crippen LogP) is 2.63. The topological polar surface area (TPSA) is 29.3 Å². The highest BCUT2D eigenvalue weighted by atomic mass is 15.1. The van der Waals surface area contributed by atoms with E-state index in [9.17, 15) is 0 Å². The molecule has 0 aliphatic heterocycles. The lowest BCUT2D eigenvalue weighted by molar-refractivity contribution is 0.117. The van der Waals surface area contributed by atoms with Crippen LogP contribution in [0.3, 0.4) is 0 Å². The van der Waals surface area contributed by atoms with E-state index in [1.54, 1.807) is 0 Å². The molecule has 2 unspecified atom stereocenters. The van der Waals surface area contributed by atoms with Gasteiger partial charge in [-0.05, 0) is 51.1 Å². The lowest BCUT2D eigenvalue weighted by atomic mass is 9.83. The van der Waals surface area contributed by atoms with E-state index in [0.717, 1.165) is 24.4 Å². The summed E-state index contributed by atoms with van der Waals surface area (Å²) in [6.45, 7) is 2.21. The van der Waals surface area contributed by atoms with Gasteiger partial charge in [0.1, 0.15) is 0 Å². The van der Waals surface area contributed by atoms with E-state index in [0.29, 0.717) is 0 Å². The number of hydrogen-bond donors (Lipinski definition) is 1. The van der Waals surface area contributed by atoms with E-state index in [-0.39, 0.29) is 0 Å². The second-order valence-electron chi connectivity index (χ2n) is 5.94. The molecule has 0 aromatic rings. The molecular formula is C14H28N2. The SMILES string of the molecule is CN(CC1CCCC1)C1CCCCC1CN. The second kappa shape index (κ2) is 6.02. The molecule has 2 heteroatoms. The van der Waals surface area contributed by atoms with Crippen LogP contribution < -0.4 is 5.73 Å². The Bertz CT molecular complexity index is 199. The van der Waals surface area contributed by atoms with Crippen molar-refractivity contribution in [2.24, 2.45) is 17.6 Å². The van der Waals surface area contributed by atoms with Crippen molar-refractivity contribution in [3.05, 3.63) is 0 Å². The first-order valence-electron chi connectivity index (χ1n) is 7.21. The van der Waals surface area contributed by atoms with E-state index in [2.05, 4.69) is 11.9 Å². The number of nitrogens with zero attached hydrogens (tertiary/aromatic N) is 1. The molecule has 2 atom stereocenters. The first kappa shape index (κ1) is 12.4. The third kappa shape index (κ3) is 2.98. The molecule has 0 aromatic heterocycles. The van der Waals surface area contributed by atoms with Gasteiger partial charge < -0.3 is 10.6 Å². The van der Waals surface area contributed by atoms with Crippen LogP contribution >= 0.6 is 0 Å². The van der Waals surface area contributed by atoms with Crippen molar-refractivity contribution in [1.29, 1.82) is 0 Å². The number of nitrogens with two attached hydrogens (primary N) is 1. The monoisotopic (exact) mass is 224 g/mol. The Morgan fingerprint density at radius 3 is 2.31 bits per heavy atom. The van der Waals surface area contributed by atoms with E-state index in [4.69, 9.17) is 5.73 Å². The van der Waals surface area contributed by atoms with Crippen molar-refractivity contribution in [3.8, 4) is 0 Å². The van der Waals surface area contributed by atoms with Crippen molar-refractivity contribution >= 4 is 0 Å². The summed E-state index contributed by atoms with van der Waals surface area (Å²) in [5, 5.41) is 0. The summed E-state index contributed by atoms with van der Waals surface area (Å²) < 4.78 is 0. The van der Waals surface area contributed by atoms with Crippen molar-refractivity contribution in [2.75, 3.05) is 20.1 Å². The normalized spacial score (nSPS) is 32.4. The van der Waals surface area contributed by atoms with Gasteiger partial charge in [-0.25, -0.2) is 0 Å². The molecule has 94 valence electrons. The van der Waals surface area contributed by atoms with Crippen molar-refractivity contribution in [1.82, 2.24) is 4.90 Å². The summed E-state index contributed by atoms with van der Waals surface area (Å²) in [6, 6.07) is 0.777. The van der Waals surface area contributed by atoms with Gasteiger partial charge in [0.2, 0.25) is 0 Å². The van der Waals surface area contributed by atoms with Crippen LogP contribution in [-0.2, 0) is 0 Å². The lowest BCUT2D eigenvalue weighted by Crippen LogP contribution is -2.44. The Hall–Kier alpha value is -0.0800. The molecule has 0 bridgehead atoms. The molecule has 0 radical (unpaired) electrons. The van der Waals surface area contributed by atoms with Crippen LogP contribution in [0.4, 0.5) is 0 Å². The molecule has 2 nitrogen and oxygen atoms in total. The Morgan fingerprint density at radius 1 is 1.00 bits per heavy atom. The maximum absolute atomic E-state index is 5.91. The highest BCUT2D eigenvalue weighted by Crippen LogP contribution is 2.30. The van der Waals surface area contributed by atoms with Gasteiger partial charge in [0, 0.05) is 12.6 Å². The Balaban J connectivity index is 1.83. The minimum absolute atomic E-state index is 0.764. The first-order chi connectivity index (χ1) is 7.81. The van der Waals surface area contributed by atoms with Gasteiger partial charge in [0.15, 0.2) is 0 Å². The molecule has 0 heterocycles. The maximum atomic E-state index is 5.91. The highest BCUT2D eigenvalue weighted by Gasteiger charge is 2.28. The van der Waals surface area contributed by atoms with Crippen molar-refractivity contribution in [2.45, 2.75) is 57.4 Å². The molecule has 2 saturated carbocycles.